The highest BCUT2D eigenvalue weighted by molar-refractivity contribution is 9.10. The number of nitrogens with zero attached hydrogens (tertiary/aromatic N) is 2. The molecule has 8 heteroatoms. The maximum atomic E-state index is 12.1. The first-order valence-corrected chi connectivity index (χ1v) is 7.74. The van der Waals surface area contributed by atoms with Crippen LogP contribution in [0.5, 0.6) is 5.75 Å². The van der Waals surface area contributed by atoms with E-state index in [0.29, 0.717) is 11.0 Å². The second-order valence-corrected chi connectivity index (χ2v) is 6.40. The van der Waals surface area contributed by atoms with Gasteiger partial charge in [0, 0.05) is 17.2 Å². The van der Waals surface area contributed by atoms with Crippen LogP contribution in [0.3, 0.4) is 0 Å². The van der Waals surface area contributed by atoms with Gasteiger partial charge in [0.05, 0.1) is 11.9 Å². The predicted octanol–water partition coefficient (Wildman–Crippen LogP) is 2.17. The summed E-state index contributed by atoms with van der Waals surface area (Å²) in [5.74, 6) is -0.152. The molecule has 0 atom stereocenters. The fourth-order valence-corrected chi connectivity index (χ4v) is 2.83. The standard InChI is InChI=1S/C11H12BrN3O3S/c1-2-15-7-9(6-13-15)19(17,18)14-10-4-3-8(12)5-11(10)16/h3-7,14,16H,2H2,1H3. The maximum absolute atomic E-state index is 12.1. The van der Waals surface area contributed by atoms with E-state index >= 15 is 0 Å². The molecule has 0 saturated carbocycles. The van der Waals surface area contributed by atoms with Gasteiger partial charge in [-0.05, 0) is 25.1 Å². The van der Waals surface area contributed by atoms with Gasteiger partial charge in [-0.15, -0.1) is 0 Å². The highest BCUT2D eigenvalue weighted by Gasteiger charge is 2.18. The largest absolute Gasteiger partial charge is 0.506 e. The summed E-state index contributed by atoms with van der Waals surface area (Å²) in [4.78, 5) is 0.0525. The van der Waals surface area contributed by atoms with E-state index < -0.39 is 10.0 Å². The van der Waals surface area contributed by atoms with Crippen molar-refractivity contribution in [2.45, 2.75) is 18.4 Å². The average Bonchev–Trinajstić information content (AvgIpc) is 2.82. The number of anilines is 1. The number of aromatic hydroxyl groups is 1. The van der Waals surface area contributed by atoms with E-state index in [1.54, 1.807) is 6.07 Å². The Bertz CT molecular complexity index is 697. The zero-order valence-electron chi connectivity index (χ0n) is 10.0. The van der Waals surface area contributed by atoms with Gasteiger partial charge in [0.25, 0.3) is 10.0 Å². The molecular weight excluding hydrogens is 334 g/mol. The van der Waals surface area contributed by atoms with E-state index in [1.165, 1.54) is 29.2 Å². The number of hydrogen-bond acceptors (Lipinski definition) is 4. The third kappa shape index (κ3) is 3.07. The maximum Gasteiger partial charge on any atom is 0.265 e. The van der Waals surface area contributed by atoms with Crippen molar-refractivity contribution < 1.29 is 13.5 Å². The van der Waals surface area contributed by atoms with Crippen molar-refractivity contribution in [1.29, 1.82) is 0 Å². The lowest BCUT2D eigenvalue weighted by molar-refractivity contribution is 0.477. The molecule has 0 spiro atoms. The summed E-state index contributed by atoms with van der Waals surface area (Å²) in [5.41, 5.74) is 0.118. The summed E-state index contributed by atoms with van der Waals surface area (Å²) in [7, 11) is -3.75. The van der Waals surface area contributed by atoms with E-state index in [4.69, 9.17) is 0 Å². The summed E-state index contributed by atoms with van der Waals surface area (Å²) in [5, 5.41) is 13.6. The Morgan fingerprint density at radius 2 is 2.21 bits per heavy atom. The molecule has 0 aliphatic rings. The van der Waals surface area contributed by atoms with Crippen LogP contribution in [0.25, 0.3) is 0 Å². The van der Waals surface area contributed by atoms with Crippen LogP contribution in [0.4, 0.5) is 5.69 Å². The minimum absolute atomic E-state index is 0.0525. The van der Waals surface area contributed by atoms with Gasteiger partial charge >= 0.3 is 0 Å². The number of halogens is 1. The van der Waals surface area contributed by atoms with Gasteiger partial charge in [0.15, 0.2) is 0 Å². The molecule has 0 unspecified atom stereocenters. The molecule has 6 nitrogen and oxygen atoms in total. The lowest BCUT2D eigenvalue weighted by Crippen LogP contribution is -2.12. The minimum Gasteiger partial charge on any atom is -0.506 e. The van der Waals surface area contributed by atoms with Crippen molar-refractivity contribution in [3.63, 3.8) is 0 Å². The van der Waals surface area contributed by atoms with E-state index in [0.717, 1.165) is 0 Å². The van der Waals surface area contributed by atoms with Crippen LogP contribution in [0, 0.1) is 0 Å². The quantitative estimate of drug-likeness (QED) is 0.831. The number of benzene rings is 1. The van der Waals surface area contributed by atoms with E-state index in [2.05, 4.69) is 25.8 Å². The van der Waals surface area contributed by atoms with Crippen molar-refractivity contribution >= 4 is 31.6 Å². The first-order chi connectivity index (χ1) is 8.92. The van der Waals surface area contributed by atoms with Crippen molar-refractivity contribution in [2.75, 3.05) is 4.72 Å². The molecule has 0 aliphatic heterocycles. The van der Waals surface area contributed by atoms with Crippen LogP contribution in [0.2, 0.25) is 0 Å². The zero-order valence-corrected chi connectivity index (χ0v) is 12.4. The van der Waals surface area contributed by atoms with E-state index in [-0.39, 0.29) is 16.3 Å². The van der Waals surface area contributed by atoms with Crippen LogP contribution in [0.1, 0.15) is 6.92 Å². The second-order valence-electron chi connectivity index (χ2n) is 3.80. The smallest absolute Gasteiger partial charge is 0.265 e. The molecule has 19 heavy (non-hydrogen) atoms. The normalized spacial score (nSPS) is 11.5. The number of aryl methyl sites for hydroxylation is 1. The molecule has 0 aliphatic carbocycles. The molecule has 2 aromatic rings. The molecule has 0 amide bonds. The Morgan fingerprint density at radius 3 is 2.79 bits per heavy atom. The molecule has 2 rings (SSSR count). The van der Waals surface area contributed by atoms with Crippen molar-refractivity contribution in [1.82, 2.24) is 9.78 Å². The van der Waals surface area contributed by atoms with Gasteiger partial charge in [0.2, 0.25) is 0 Å². The van der Waals surface area contributed by atoms with Gasteiger partial charge in [0.1, 0.15) is 10.6 Å². The molecule has 1 heterocycles. The van der Waals surface area contributed by atoms with E-state index in [9.17, 15) is 13.5 Å². The highest BCUT2D eigenvalue weighted by atomic mass is 79.9. The molecule has 0 radical (unpaired) electrons. The third-order valence-electron chi connectivity index (χ3n) is 2.45. The number of aromatic nitrogens is 2. The zero-order chi connectivity index (χ0) is 14.0. The molecule has 0 saturated heterocycles. The van der Waals surface area contributed by atoms with Gasteiger partial charge in [-0.1, -0.05) is 15.9 Å². The third-order valence-corrected chi connectivity index (χ3v) is 4.26. The van der Waals surface area contributed by atoms with Crippen LogP contribution in [-0.4, -0.2) is 23.3 Å². The Labute approximate surface area is 119 Å². The Kier molecular flexibility index (Phi) is 3.81. The van der Waals surface area contributed by atoms with Gasteiger partial charge in [-0.2, -0.15) is 5.10 Å². The molecule has 1 aromatic heterocycles. The van der Waals surface area contributed by atoms with Crippen LogP contribution in [0.15, 0.2) is 40.0 Å². The lowest BCUT2D eigenvalue weighted by Gasteiger charge is -2.08. The number of rotatable bonds is 4. The molecular formula is C11H12BrN3O3S. The van der Waals surface area contributed by atoms with Crippen LogP contribution < -0.4 is 4.72 Å². The summed E-state index contributed by atoms with van der Waals surface area (Å²) < 4.78 is 28.6. The predicted molar refractivity (Wildman–Crippen MR) is 74.5 cm³/mol. The molecule has 0 fully saturated rings. The summed E-state index contributed by atoms with van der Waals surface area (Å²) >= 11 is 3.18. The van der Waals surface area contributed by atoms with Crippen molar-refractivity contribution in [2.24, 2.45) is 0 Å². The number of phenolic OH excluding ortho intramolecular Hbond substituents is 1. The highest BCUT2D eigenvalue weighted by Crippen LogP contribution is 2.28. The van der Waals surface area contributed by atoms with Gasteiger partial charge in [-0.3, -0.25) is 9.40 Å². The SMILES string of the molecule is CCn1cc(S(=O)(=O)Nc2ccc(Br)cc2O)cn1. The Hall–Kier alpha value is -1.54. The monoisotopic (exact) mass is 345 g/mol. The first-order valence-electron chi connectivity index (χ1n) is 5.46. The van der Waals surface area contributed by atoms with Crippen LogP contribution in [-0.2, 0) is 16.6 Å². The first kappa shape index (κ1) is 13.9. The second kappa shape index (κ2) is 5.22. The average molecular weight is 346 g/mol. The number of sulfonamides is 1. The number of hydrogen-bond donors (Lipinski definition) is 2. The van der Waals surface area contributed by atoms with Crippen LogP contribution >= 0.6 is 15.9 Å². The van der Waals surface area contributed by atoms with Gasteiger partial charge < -0.3 is 5.11 Å². The fraction of sp³-hybridized carbons (Fsp3) is 0.182. The fourth-order valence-electron chi connectivity index (χ4n) is 1.45. The summed E-state index contributed by atoms with van der Waals surface area (Å²) in [6, 6.07) is 4.52. The minimum atomic E-state index is -3.75. The lowest BCUT2D eigenvalue weighted by atomic mass is 10.3. The Morgan fingerprint density at radius 1 is 1.47 bits per heavy atom. The Balaban J connectivity index is 2.30. The molecule has 102 valence electrons. The van der Waals surface area contributed by atoms with E-state index in [1.807, 2.05) is 6.92 Å². The van der Waals surface area contributed by atoms with Crippen molar-refractivity contribution in [3.8, 4) is 5.75 Å². The summed E-state index contributed by atoms with van der Waals surface area (Å²) in [6.07, 6.45) is 2.69. The van der Waals surface area contributed by atoms with Crippen molar-refractivity contribution in [3.05, 3.63) is 35.1 Å². The molecule has 0 bridgehead atoms. The number of nitrogens with one attached hydrogen (secondary N) is 1. The number of phenols is 1. The molecule has 1 aromatic carbocycles. The topological polar surface area (TPSA) is 84.2 Å². The molecule has 2 N–H and O–H groups in total. The summed E-state index contributed by atoms with van der Waals surface area (Å²) in [6.45, 7) is 2.44. The van der Waals surface area contributed by atoms with Gasteiger partial charge in [-0.25, -0.2) is 8.42 Å².